The Kier molecular flexibility index (Phi) is 5.94. The Morgan fingerprint density at radius 2 is 1.50 bits per heavy atom. The first-order valence-corrected chi connectivity index (χ1v) is 10.5. The number of nitrogens with zero attached hydrogens (tertiary/aromatic N) is 1. The van der Waals surface area contributed by atoms with Crippen LogP contribution in [0.1, 0.15) is 84.6 Å². The molecule has 1 aromatic rings. The fourth-order valence-corrected chi connectivity index (χ4v) is 5.50. The van der Waals surface area contributed by atoms with Gasteiger partial charge in [-0.2, -0.15) is 0 Å². The van der Waals surface area contributed by atoms with E-state index in [1.54, 1.807) is 5.57 Å². The van der Waals surface area contributed by atoms with Crippen LogP contribution in [0, 0.1) is 11.8 Å². The second kappa shape index (κ2) is 7.86. The molecular weight excluding hydrogens is 318 g/mol. The summed E-state index contributed by atoms with van der Waals surface area (Å²) in [5.74, 6) is 1.15. The highest BCUT2D eigenvalue weighted by atomic mass is 16.5. The van der Waals surface area contributed by atoms with Crippen LogP contribution in [-0.2, 0) is 5.21 Å². The first kappa shape index (κ1) is 19.6. The van der Waals surface area contributed by atoms with Gasteiger partial charge in [0.25, 0.3) is 0 Å². The SMILES string of the molecule is CC1(C)CC(C2CCCCCC/C=C\2c2ccccc2)CC(C)(C)N1[O]. The smallest absolute Gasteiger partial charge is 0.0446 e. The molecule has 1 atom stereocenters. The number of rotatable bonds is 2. The molecule has 143 valence electrons. The Morgan fingerprint density at radius 3 is 2.15 bits per heavy atom. The summed E-state index contributed by atoms with van der Waals surface area (Å²) in [7, 11) is 0. The minimum Gasteiger partial charge on any atom is -0.144 e. The zero-order valence-corrected chi connectivity index (χ0v) is 17.1. The molecule has 3 rings (SSSR count). The van der Waals surface area contributed by atoms with Gasteiger partial charge < -0.3 is 0 Å². The lowest BCUT2D eigenvalue weighted by Crippen LogP contribution is -2.59. The average molecular weight is 355 g/mol. The topological polar surface area (TPSA) is 23.1 Å². The minimum absolute atomic E-state index is 0.285. The maximum Gasteiger partial charge on any atom is 0.0446 e. The standard InChI is InChI=1S/C24H36NO/c1-23(2)17-20(18-24(3,4)25(23)26)22-16-12-7-5-6-11-15-21(22)19-13-9-8-10-14-19/h8-10,13-15,20,22H,5-7,11-12,16-18H2,1-4H3/b21-15-. The lowest BCUT2D eigenvalue weighted by molar-refractivity contribution is -0.295. The highest BCUT2D eigenvalue weighted by molar-refractivity contribution is 5.67. The monoisotopic (exact) mass is 354 g/mol. The van der Waals surface area contributed by atoms with Gasteiger partial charge in [0.2, 0.25) is 0 Å². The molecular formula is C24H36NO. The Hall–Kier alpha value is -1.12. The molecule has 0 amide bonds. The van der Waals surface area contributed by atoms with Crippen LogP contribution in [0.5, 0.6) is 0 Å². The zero-order valence-electron chi connectivity index (χ0n) is 17.1. The lowest BCUT2D eigenvalue weighted by Gasteiger charge is -2.52. The molecule has 1 aromatic carbocycles. The molecule has 2 aliphatic rings. The van der Waals surface area contributed by atoms with E-state index in [0.717, 1.165) is 12.8 Å². The first-order chi connectivity index (χ1) is 12.3. The predicted octanol–water partition coefficient (Wildman–Crippen LogP) is 6.66. The van der Waals surface area contributed by atoms with Crippen molar-refractivity contribution in [2.24, 2.45) is 11.8 Å². The molecule has 1 saturated heterocycles. The number of hydrogen-bond donors (Lipinski definition) is 0. The molecule has 1 unspecified atom stereocenters. The molecule has 1 radical (unpaired) electrons. The van der Waals surface area contributed by atoms with Crippen molar-refractivity contribution in [2.75, 3.05) is 0 Å². The summed E-state index contributed by atoms with van der Waals surface area (Å²) in [5, 5.41) is 14.2. The Labute approximate surface area is 160 Å². The van der Waals surface area contributed by atoms with Crippen LogP contribution in [0.15, 0.2) is 36.4 Å². The van der Waals surface area contributed by atoms with Gasteiger partial charge in [-0.1, -0.05) is 55.7 Å². The minimum atomic E-state index is -0.285. The van der Waals surface area contributed by atoms with E-state index in [1.807, 2.05) is 0 Å². The van der Waals surface area contributed by atoms with Crippen LogP contribution in [0.3, 0.4) is 0 Å². The van der Waals surface area contributed by atoms with Crippen molar-refractivity contribution in [1.82, 2.24) is 5.06 Å². The van der Waals surface area contributed by atoms with Gasteiger partial charge in [0.15, 0.2) is 0 Å². The average Bonchev–Trinajstić information content (AvgIpc) is 2.71. The number of hydrogen-bond acceptors (Lipinski definition) is 1. The molecule has 0 aromatic heterocycles. The van der Waals surface area contributed by atoms with Crippen molar-refractivity contribution < 1.29 is 5.21 Å². The maximum atomic E-state index is 12.8. The summed E-state index contributed by atoms with van der Waals surface area (Å²) in [6.45, 7) is 8.54. The maximum absolute atomic E-state index is 12.8. The van der Waals surface area contributed by atoms with Gasteiger partial charge in [-0.3, -0.25) is 0 Å². The van der Waals surface area contributed by atoms with Gasteiger partial charge in [-0.05, 0) is 82.8 Å². The van der Waals surface area contributed by atoms with E-state index < -0.39 is 0 Å². The summed E-state index contributed by atoms with van der Waals surface area (Å²) < 4.78 is 0. The van der Waals surface area contributed by atoms with E-state index in [9.17, 15) is 5.21 Å². The van der Waals surface area contributed by atoms with Crippen molar-refractivity contribution in [3.05, 3.63) is 42.0 Å². The Balaban J connectivity index is 1.96. The summed E-state index contributed by atoms with van der Waals surface area (Å²) in [6.07, 6.45) is 12.3. The molecule has 0 bridgehead atoms. The van der Waals surface area contributed by atoms with E-state index in [4.69, 9.17) is 0 Å². The van der Waals surface area contributed by atoms with E-state index in [1.165, 1.54) is 49.2 Å². The number of benzene rings is 1. The third-order valence-corrected chi connectivity index (χ3v) is 6.53. The van der Waals surface area contributed by atoms with Crippen LogP contribution in [0.25, 0.3) is 5.57 Å². The fourth-order valence-electron chi connectivity index (χ4n) is 5.50. The molecule has 0 N–H and O–H groups in total. The number of allylic oxidation sites excluding steroid dienone is 2. The van der Waals surface area contributed by atoms with Crippen LogP contribution >= 0.6 is 0 Å². The molecule has 1 fully saturated rings. The fraction of sp³-hybridized carbons (Fsp3) is 0.667. The first-order valence-electron chi connectivity index (χ1n) is 10.5. The quantitative estimate of drug-likeness (QED) is 0.582. The van der Waals surface area contributed by atoms with Gasteiger partial charge >= 0.3 is 0 Å². The van der Waals surface area contributed by atoms with Crippen molar-refractivity contribution >= 4 is 5.57 Å². The van der Waals surface area contributed by atoms with Crippen molar-refractivity contribution in [1.29, 1.82) is 0 Å². The highest BCUT2D eigenvalue weighted by Crippen LogP contribution is 2.48. The van der Waals surface area contributed by atoms with Crippen LogP contribution in [0.4, 0.5) is 0 Å². The Bertz CT molecular complexity index is 598. The number of piperidine rings is 1. The zero-order chi connectivity index (χ0) is 18.8. The van der Waals surface area contributed by atoms with Gasteiger partial charge in [-0.25, -0.2) is 0 Å². The van der Waals surface area contributed by atoms with Gasteiger partial charge in [-0.15, -0.1) is 10.3 Å². The van der Waals surface area contributed by atoms with Crippen molar-refractivity contribution in [3.8, 4) is 0 Å². The van der Waals surface area contributed by atoms with Gasteiger partial charge in [0.1, 0.15) is 0 Å². The second-order valence-corrected chi connectivity index (χ2v) is 9.71. The van der Waals surface area contributed by atoms with Gasteiger partial charge in [0.05, 0.1) is 0 Å². The summed E-state index contributed by atoms with van der Waals surface area (Å²) in [4.78, 5) is 0. The third-order valence-electron chi connectivity index (χ3n) is 6.53. The second-order valence-electron chi connectivity index (χ2n) is 9.71. The molecule has 2 heteroatoms. The summed E-state index contributed by atoms with van der Waals surface area (Å²) in [5.41, 5.74) is 2.36. The lowest BCUT2D eigenvalue weighted by atomic mass is 9.66. The molecule has 1 aliphatic carbocycles. The van der Waals surface area contributed by atoms with Gasteiger partial charge in [0, 0.05) is 11.1 Å². The van der Waals surface area contributed by atoms with E-state index in [2.05, 4.69) is 64.1 Å². The predicted molar refractivity (Wildman–Crippen MR) is 109 cm³/mol. The van der Waals surface area contributed by atoms with Crippen LogP contribution < -0.4 is 0 Å². The highest BCUT2D eigenvalue weighted by Gasteiger charge is 2.48. The van der Waals surface area contributed by atoms with Crippen molar-refractivity contribution in [3.63, 3.8) is 0 Å². The largest absolute Gasteiger partial charge is 0.144 e. The normalized spacial score (nSPS) is 29.9. The molecule has 2 nitrogen and oxygen atoms in total. The van der Waals surface area contributed by atoms with Crippen molar-refractivity contribution in [2.45, 2.75) is 90.1 Å². The van der Waals surface area contributed by atoms with E-state index >= 15 is 0 Å². The van der Waals surface area contributed by atoms with E-state index in [0.29, 0.717) is 11.8 Å². The Morgan fingerprint density at radius 1 is 0.885 bits per heavy atom. The summed E-state index contributed by atoms with van der Waals surface area (Å²) in [6, 6.07) is 11.0. The van der Waals surface area contributed by atoms with Crippen LogP contribution in [0.2, 0.25) is 0 Å². The molecule has 1 heterocycles. The number of hydroxylamine groups is 2. The third kappa shape index (κ3) is 4.23. The van der Waals surface area contributed by atoms with E-state index in [-0.39, 0.29) is 11.1 Å². The molecule has 26 heavy (non-hydrogen) atoms. The molecule has 0 saturated carbocycles. The van der Waals surface area contributed by atoms with Crippen LogP contribution in [-0.4, -0.2) is 16.1 Å². The molecule has 1 aliphatic heterocycles. The molecule has 0 spiro atoms. The summed E-state index contributed by atoms with van der Waals surface area (Å²) >= 11 is 0.